The fourth-order valence-electron chi connectivity index (χ4n) is 4.79. The predicted octanol–water partition coefficient (Wildman–Crippen LogP) is 5.02. The Morgan fingerprint density at radius 2 is 1.24 bits per heavy atom. The highest BCUT2D eigenvalue weighted by Gasteiger charge is 2.32. The number of aromatic nitrogens is 4. The molecule has 1 amide bonds. The molecule has 6 aromatic rings. The zero-order chi connectivity index (χ0) is 33.1. The molecule has 46 heavy (non-hydrogen) atoms. The van der Waals surface area contributed by atoms with Crippen LogP contribution in [-0.2, 0) is 12.4 Å². The Morgan fingerprint density at radius 3 is 1.80 bits per heavy atom. The minimum absolute atomic E-state index is 0.00103. The number of hydrogen-bond acceptors (Lipinski definition) is 6. The number of H-pyrrole nitrogens is 2. The lowest BCUT2D eigenvalue weighted by Crippen LogP contribution is -2.29. The van der Waals surface area contributed by atoms with E-state index in [1.807, 2.05) is 9.97 Å². The molecule has 0 fully saturated rings. The molecule has 17 heteroatoms. The van der Waals surface area contributed by atoms with Gasteiger partial charge in [-0.1, -0.05) is 6.07 Å². The van der Waals surface area contributed by atoms with Crippen LogP contribution in [0, 0.1) is 0 Å². The molecule has 0 aliphatic rings. The van der Waals surface area contributed by atoms with E-state index in [2.05, 4.69) is 5.32 Å². The van der Waals surface area contributed by atoms with Crippen LogP contribution in [0.3, 0.4) is 0 Å². The molecule has 10 nitrogen and oxygen atoms in total. The number of thiophene rings is 1. The van der Waals surface area contributed by atoms with Crippen molar-refractivity contribution in [3.63, 3.8) is 0 Å². The molecule has 234 valence electrons. The number of nitrogens with one attached hydrogen (secondary N) is 3. The summed E-state index contributed by atoms with van der Waals surface area (Å²) in [5.41, 5.74) is -6.69. The molecule has 0 atom stereocenters. The van der Waals surface area contributed by atoms with Crippen LogP contribution >= 0.6 is 11.3 Å². The van der Waals surface area contributed by atoms with Gasteiger partial charge in [-0.3, -0.25) is 33.5 Å². The minimum atomic E-state index is -4.76. The van der Waals surface area contributed by atoms with Crippen LogP contribution in [0.4, 0.5) is 32.0 Å². The Bertz CT molecular complexity index is 2450. The van der Waals surface area contributed by atoms with Crippen molar-refractivity contribution in [2.45, 2.75) is 12.4 Å². The SMILES string of the molecule is O=C(Nc1cccc(-n2c(=O)[nH]c(=O)c3ccc(C(F)(F)F)cc32)c1)c1csc(-n2c(=O)[nH]c(=O)c3ccc(C(F)(F)F)cc32)c1. The van der Waals surface area contributed by atoms with E-state index in [-0.39, 0.29) is 43.7 Å². The molecule has 3 heterocycles. The smallest absolute Gasteiger partial charge is 0.322 e. The van der Waals surface area contributed by atoms with Gasteiger partial charge in [0.2, 0.25) is 0 Å². The molecule has 0 saturated heterocycles. The fourth-order valence-corrected chi connectivity index (χ4v) is 5.70. The number of hydrogen-bond donors (Lipinski definition) is 3. The van der Waals surface area contributed by atoms with Crippen molar-refractivity contribution in [1.82, 2.24) is 19.1 Å². The van der Waals surface area contributed by atoms with Crippen LogP contribution in [0.1, 0.15) is 21.5 Å². The van der Waals surface area contributed by atoms with E-state index in [0.29, 0.717) is 24.3 Å². The van der Waals surface area contributed by atoms with E-state index >= 15 is 0 Å². The van der Waals surface area contributed by atoms with E-state index in [1.54, 1.807) is 0 Å². The Hall–Kier alpha value is -5.71. The van der Waals surface area contributed by atoms with Crippen LogP contribution in [0.2, 0.25) is 0 Å². The summed E-state index contributed by atoms with van der Waals surface area (Å²) in [6.07, 6.45) is -9.53. The first kappa shape index (κ1) is 30.3. The third kappa shape index (κ3) is 5.40. The number of fused-ring (bicyclic) bond motifs is 2. The highest BCUT2D eigenvalue weighted by molar-refractivity contribution is 7.12. The maximum atomic E-state index is 13.4. The number of anilines is 1. The first-order valence-electron chi connectivity index (χ1n) is 12.8. The van der Waals surface area contributed by atoms with Gasteiger partial charge in [0, 0.05) is 11.1 Å². The summed E-state index contributed by atoms with van der Waals surface area (Å²) in [7, 11) is 0. The third-order valence-electron chi connectivity index (χ3n) is 6.90. The van der Waals surface area contributed by atoms with Gasteiger partial charge in [0.15, 0.2) is 0 Å². The lowest BCUT2D eigenvalue weighted by molar-refractivity contribution is -0.138. The molecule has 0 aliphatic heterocycles. The van der Waals surface area contributed by atoms with Gasteiger partial charge >= 0.3 is 23.7 Å². The van der Waals surface area contributed by atoms with Gasteiger partial charge in [-0.15, -0.1) is 11.3 Å². The van der Waals surface area contributed by atoms with Crippen LogP contribution < -0.4 is 27.8 Å². The summed E-state index contributed by atoms with van der Waals surface area (Å²) in [6, 6.07) is 11.2. The maximum absolute atomic E-state index is 13.4. The number of aromatic amines is 2. The number of alkyl halides is 6. The van der Waals surface area contributed by atoms with Gasteiger partial charge in [-0.2, -0.15) is 26.3 Å². The van der Waals surface area contributed by atoms with Crippen LogP contribution in [0.25, 0.3) is 32.5 Å². The second-order valence-corrected chi connectivity index (χ2v) is 10.7. The average molecular weight is 660 g/mol. The molecule has 6 rings (SSSR count). The summed E-state index contributed by atoms with van der Waals surface area (Å²) < 4.78 is 82.1. The fraction of sp³-hybridized carbons (Fsp3) is 0.0690. The first-order chi connectivity index (χ1) is 21.6. The molecule has 3 aromatic heterocycles. The van der Waals surface area contributed by atoms with Crippen LogP contribution in [-0.4, -0.2) is 25.0 Å². The van der Waals surface area contributed by atoms with E-state index in [4.69, 9.17) is 0 Å². The molecule has 0 saturated carbocycles. The molecule has 0 bridgehead atoms. The van der Waals surface area contributed by atoms with Gasteiger partial charge in [0.1, 0.15) is 5.00 Å². The number of amides is 1. The van der Waals surface area contributed by atoms with E-state index in [9.17, 15) is 50.3 Å². The third-order valence-corrected chi connectivity index (χ3v) is 7.81. The zero-order valence-corrected chi connectivity index (χ0v) is 23.4. The second-order valence-electron chi connectivity index (χ2n) is 9.83. The molecular weight excluding hydrogens is 644 g/mol. The van der Waals surface area contributed by atoms with E-state index < -0.39 is 51.9 Å². The Kier molecular flexibility index (Phi) is 7.07. The largest absolute Gasteiger partial charge is 0.416 e. The summed E-state index contributed by atoms with van der Waals surface area (Å²) in [6.45, 7) is 0. The number of nitrogens with zero attached hydrogens (tertiary/aromatic N) is 2. The van der Waals surface area contributed by atoms with E-state index in [1.165, 1.54) is 35.7 Å². The Labute approximate surface area is 253 Å². The number of rotatable bonds is 4. The molecule has 0 spiro atoms. The monoisotopic (exact) mass is 659 g/mol. The zero-order valence-electron chi connectivity index (χ0n) is 22.5. The summed E-state index contributed by atoms with van der Waals surface area (Å²) in [4.78, 5) is 67.2. The normalized spacial score (nSPS) is 12.1. The predicted molar refractivity (Wildman–Crippen MR) is 156 cm³/mol. The standard InChI is InChI=1S/C29H15F6N5O5S/c30-28(31,32)14-4-6-18-20(9-14)39(26(44)37-24(18)42)17-3-1-2-16(11-17)36-23(41)13-8-22(46-12-13)40-21-10-15(29(33,34)35)5-7-19(21)25(43)38-27(40)45/h1-12H,(H,36,41)(H,37,42,44)(H,38,43,45). The van der Waals surface area contributed by atoms with Crippen molar-refractivity contribution in [3.05, 3.63) is 130 Å². The molecule has 3 N–H and O–H groups in total. The summed E-state index contributed by atoms with van der Waals surface area (Å²) in [5, 5.41) is 3.47. The first-order valence-corrected chi connectivity index (χ1v) is 13.7. The van der Waals surface area contributed by atoms with Crippen molar-refractivity contribution in [2.24, 2.45) is 0 Å². The average Bonchev–Trinajstić information content (AvgIpc) is 3.46. The maximum Gasteiger partial charge on any atom is 0.416 e. The Balaban J connectivity index is 1.37. The number of benzene rings is 3. The van der Waals surface area contributed by atoms with Crippen molar-refractivity contribution in [3.8, 4) is 10.7 Å². The minimum Gasteiger partial charge on any atom is -0.322 e. The second kappa shape index (κ2) is 10.7. The summed E-state index contributed by atoms with van der Waals surface area (Å²) in [5.74, 6) is -0.754. The quantitative estimate of drug-likeness (QED) is 0.228. The Morgan fingerprint density at radius 1 is 0.696 bits per heavy atom. The molecule has 3 aromatic carbocycles. The molecule has 0 unspecified atom stereocenters. The number of carbonyl (C=O) groups excluding carboxylic acids is 1. The van der Waals surface area contributed by atoms with Crippen molar-refractivity contribution in [2.75, 3.05) is 5.32 Å². The van der Waals surface area contributed by atoms with Gasteiger partial charge in [-0.05, 0) is 60.7 Å². The molecular formula is C29H15F6N5O5S. The van der Waals surface area contributed by atoms with Crippen LogP contribution in [0.15, 0.2) is 91.3 Å². The lowest BCUT2D eigenvalue weighted by atomic mass is 10.1. The number of carbonyl (C=O) groups is 1. The number of halogens is 6. The van der Waals surface area contributed by atoms with Crippen molar-refractivity contribution >= 4 is 44.7 Å². The van der Waals surface area contributed by atoms with Gasteiger partial charge in [0.05, 0.1) is 44.2 Å². The van der Waals surface area contributed by atoms with Crippen molar-refractivity contribution in [1.29, 1.82) is 0 Å². The highest BCUT2D eigenvalue weighted by atomic mass is 32.1. The van der Waals surface area contributed by atoms with Gasteiger partial charge in [-0.25, -0.2) is 9.59 Å². The summed E-state index contributed by atoms with van der Waals surface area (Å²) >= 11 is 0.826. The van der Waals surface area contributed by atoms with Gasteiger partial charge in [0.25, 0.3) is 17.0 Å². The van der Waals surface area contributed by atoms with Gasteiger partial charge < -0.3 is 5.32 Å². The lowest BCUT2D eigenvalue weighted by Gasteiger charge is -2.13. The van der Waals surface area contributed by atoms with Crippen LogP contribution in [0.5, 0.6) is 0 Å². The highest BCUT2D eigenvalue weighted by Crippen LogP contribution is 2.33. The van der Waals surface area contributed by atoms with E-state index in [0.717, 1.165) is 32.6 Å². The topological polar surface area (TPSA) is 139 Å². The molecule has 0 aliphatic carbocycles. The molecule has 0 radical (unpaired) electrons. The van der Waals surface area contributed by atoms with Crippen molar-refractivity contribution < 1.29 is 31.1 Å².